The van der Waals surface area contributed by atoms with Crippen LogP contribution in [0.2, 0.25) is 0 Å². The monoisotopic (exact) mass is 441 g/mol. The first-order valence-electron chi connectivity index (χ1n) is 9.56. The molecule has 1 aromatic heterocycles. The highest BCUT2D eigenvalue weighted by Crippen LogP contribution is 2.30. The summed E-state index contributed by atoms with van der Waals surface area (Å²) in [5.74, 6) is -1.22. The second kappa shape index (κ2) is 10.3. The van der Waals surface area contributed by atoms with Gasteiger partial charge in [-0.25, -0.2) is 18.6 Å². The van der Waals surface area contributed by atoms with Gasteiger partial charge < -0.3 is 21.1 Å². The molecule has 32 heavy (non-hydrogen) atoms. The molecule has 8 nitrogen and oxygen atoms in total. The van der Waals surface area contributed by atoms with Crippen molar-refractivity contribution < 1.29 is 23.1 Å². The third-order valence-corrected chi connectivity index (χ3v) is 4.34. The Morgan fingerprint density at radius 3 is 2.50 bits per heavy atom. The van der Waals surface area contributed by atoms with Crippen molar-refractivity contribution >= 4 is 23.4 Å². The van der Waals surface area contributed by atoms with Crippen molar-refractivity contribution in [3.05, 3.63) is 77.5 Å². The summed E-state index contributed by atoms with van der Waals surface area (Å²) in [6, 6.07) is 9.88. The lowest BCUT2D eigenvalue weighted by Gasteiger charge is -2.14. The third kappa shape index (κ3) is 5.99. The fourth-order valence-electron chi connectivity index (χ4n) is 2.84. The number of carbonyl (C=O) groups excluding carboxylic acids is 2. The summed E-state index contributed by atoms with van der Waals surface area (Å²) in [5, 5.41) is 7.44. The summed E-state index contributed by atoms with van der Waals surface area (Å²) in [5.41, 5.74) is 7.09. The van der Waals surface area contributed by atoms with E-state index in [2.05, 4.69) is 20.9 Å². The molecule has 0 saturated heterocycles. The van der Waals surface area contributed by atoms with E-state index < -0.39 is 23.6 Å². The van der Waals surface area contributed by atoms with Crippen LogP contribution in [0.5, 0.6) is 11.5 Å². The number of urea groups is 1. The summed E-state index contributed by atoms with van der Waals surface area (Å²) in [6.45, 7) is 0.377. The van der Waals surface area contributed by atoms with Crippen LogP contribution < -0.4 is 26.4 Å². The number of hydrogen-bond acceptors (Lipinski definition) is 6. The van der Waals surface area contributed by atoms with E-state index in [0.29, 0.717) is 23.4 Å². The fourth-order valence-corrected chi connectivity index (χ4v) is 2.84. The first-order chi connectivity index (χ1) is 15.4. The summed E-state index contributed by atoms with van der Waals surface area (Å²) < 4.78 is 33.1. The topological polar surface area (TPSA) is 118 Å². The van der Waals surface area contributed by atoms with E-state index in [1.54, 1.807) is 13.1 Å². The molecule has 2 aromatic carbocycles. The lowest BCUT2D eigenvalue weighted by atomic mass is 10.1. The molecule has 0 unspecified atom stereocenters. The highest BCUT2D eigenvalue weighted by molar-refractivity contribution is 6.01. The van der Waals surface area contributed by atoms with E-state index in [-0.39, 0.29) is 23.7 Å². The molecule has 0 aliphatic carbocycles. The zero-order chi connectivity index (χ0) is 23.1. The maximum atomic E-state index is 14.5. The van der Waals surface area contributed by atoms with Crippen LogP contribution in [-0.4, -0.2) is 24.0 Å². The van der Waals surface area contributed by atoms with Crippen molar-refractivity contribution in [2.75, 3.05) is 18.1 Å². The van der Waals surface area contributed by atoms with Crippen LogP contribution in [0, 0.1) is 11.6 Å². The lowest BCUT2D eigenvalue weighted by Crippen LogP contribution is -2.35. The van der Waals surface area contributed by atoms with Gasteiger partial charge in [0.15, 0.2) is 11.6 Å². The number of nitrogen functional groups attached to an aromatic ring is 1. The Morgan fingerprint density at radius 1 is 1.06 bits per heavy atom. The zero-order valence-electron chi connectivity index (χ0n) is 17.1. The molecule has 10 heteroatoms. The molecule has 0 aliphatic rings. The van der Waals surface area contributed by atoms with Gasteiger partial charge in [0.25, 0.3) is 0 Å². The molecule has 0 spiro atoms. The Labute approximate surface area is 182 Å². The number of hydrogen-bond donors (Lipinski definition) is 4. The SMILES string of the molecule is CNCc1c(Oc2ccc(NC(=O)NC(=O)Cc3ccc(F)cc3)cc2F)ccnc1N. The number of carbonyl (C=O) groups is 2. The van der Waals surface area contributed by atoms with Crippen molar-refractivity contribution in [1.82, 2.24) is 15.6 Å². The number of amides is 3. The number of ether oxygens (including phenoxy) is 1. The van der Waals surface area contributed by atoms with Gasteiger partial charge >= 0.3 is 6.03 Å². The van der Waals surface area contributed by atoms with Gasteiger partial charge in [0.2, 0.25) is 5.91 Å². The molecule has 1 heterocycles. The largest absolute Gasteiger partial charge is 0.454 e. The van der Waals surface area contributed by atoms with Crippen molar-refractivity contribution in [3.8, 4) is 11.5 Å². The number of pyridine rings is 1. The minimum atomic E-state index is -0.830. The fraction of sp³-hybridized carbons (Fsp3) is 0.136. The molecule has 0 fully saturated rings. The van der Waals surface area contributed by atoms with Gasteiger partial charge in [0.1, 0.15) is 17.4 Å². The summed E-state index contributed by atoms with van der Waals surface area (Å²) in [6.07, 6.45) is 1.34. The smallest absolute Gasteiger partial charge is 0.325 e. The predicted molar refractivity (Wildman–Crippen MR) is 115 cm³/mol. The van der Waals surface area contributed by atoms with E-state index in [9.17, 15) is 18.4 Å². The molecule has 0 radical (unpaired) electrons. The van der Waals surface area contributed by atoms with Crippen LogP contribution in [-0.2, 0) is 17.8 Å². The molecule has 3 amide bonds. The number of rotatable bonds is 7. The highest BCUT2D eigenvalue weighted by Gasteiger charge is 2.14. The van der Waals surface area contributed by atoms with E-state index in [4.69, 9.17) is 10.5 Å². The minimum Gasteiger partial charge on any atom is -0.454 e. The minimum absolute atomic E-state index is 0.0775. The Balaban J connectivity index is 1.61. The maximum Gasteiger partial charge on any atom is 0.325 e. The molecule has 0 aliphatic heterocycles. The van der Waals surface area contributed by atoms with Gasteiger partial charge in [-0.15, -0.1) is 0 Å². The first-order valence-corrected chi connectivity index (χ1v) is 9.56. The predicted octanol–water partition coefficient (Wildman–Crippen LogP) is 3.34. The van der Waals surface area contributed by atoms with Gasteiger partial charge in [-0.1, -0.05) is 12.1 Å². The molecule has 3 aromatic rings. The number of nitrogens with two attached hydrogens (primary N) is 1. The van der Waals surface area contributed by atoms with Crippen molar-refractivity contribution in [2.24, 2.45) is 0 Å². The first kappa shape index (κ1) is 22.6. The number of imide groups is 1. The second-order valence-corrected chi connectivity index (χ2v) is 6.76. The van der Waals surface area contributed by atoms with Gasteiger partial charge in [0, 0.05) is 24.5 Å². The van der Waals surface area contributed by atoms with Gasteiger partial charge in [0.05, 0.1) is 12.0 Å². The van der Waals surface area contributed by atoms with E-state index in [1.165, 1.54) is 42.6 Å². The Kier molecular flexibility index (Phi) is 7.29. The van der Waals surface area contributed by atoms with Crippen molar-refractivity contribution in [1.29, 1.82) is 0 Å². The van der Waals surface area contributed by atoms with Crippen molar-refractivity contribution in [3.63, 3.8) is 0 Å². The summed E-state index contributed by atoms with van der Waals surface area (Å²) in [7, 11) is 1.73. The molecule has 3 rings (SSSR count). The number of nitrogens with one attached hydrogen (secondary N) is 3. The average Bonchev–Trinajstić information content (AvgIpc) is 2.74. The Bertz CT molecular complexity index is 1120. The van der Waals surface area contributed by atoms with Crippen LogP contribution in [0.15, 0.2) is 54.7 Å². The summed E-state index contributed by atoms with van der Waals surface area (Å²) in [4.78, 5) is 28.0. The molecular formula is C22H21F2N5O3. The van der Waals surface area contributed by atoms with Crippen LogP contribution in [0.25, 0.3) is 0 Å². The Morgan fingerprint density at radius 2 is 1.81 bits per heavy atom. The number of anilines is 2. The zero-order valence-corrected chi connectivity index (χ0v) is 17.1. The van der Waals surface area contributed by atoms with E-state index >= 15 is 0 Å². The van der Waals surface area contributed by atoms with Gasteiger partial charge in [-0.05, 0) is 42.9 Å². The van der Waals surface area contributed by atoms with Gasteiger partial charge in [-0.2, -0.15) is 0 Å². The van der Waals surface area contributed by atoms with Crippen LogP contribution in [0.1, 0.15) is 11.1 Å². The molecule has 0 bridgehead atoms. The van der Waals surface area contributed by atoms with Crippen LogP contribution >= 0.6 is 0 Å². The van der Waals surface area contributed by atoms with Crippen LogP contribution in [0.4, 0.5) is 25.1 Å². The molecule has 5 N–H and O–H groups in total. The number of aromatic nitrogens is 1. The van der Waals surface area contributed by atoms with Crippen molar-refractivity contribution in [2.45, 2.75) is 13.0 Å². The number of benzene rings is 2. The molecular weight excluding hydrogens is 420 g/mol. The van der Waals surface area contributed by atoms with E-state index in [0.717, 1.165) is 6.07 Å². The molecule has 0 saturated carbocycles. The standard InChI is InChI=1S/C22H21F2N5O3/c1-26-12-16-18(8-9-27-21(16)25)32-19-7-6-15(11-17(19)24)28-22(31)29-20(30)10-13-2-4-14(23)5-3-13/h2-9,11,26H,10,12H2,1H3,(H2,25,27)(H2,28,29,30,31). The Hall–Kier alpha value is -4.05. The molecule has 0 atom stereocenters. The quantitative estimate of drug-likeness (QED) is 0.447. The highest BCUT2D eigenvalue weighted by atomic mass is 19.1. The second-order valence-electron chi connectivity index (χ2n) is 6.76. The third-order valence-electron chi connectivity index (χ3n) is 4.34. The normalized spacial score (nSPS) is 10.5. The molecule has 166 valence electrons. The number of nitrogens with zero attached hydrogens (tertiary/aromatic N) is 1. The number of halogens is 2. The van der Waals surface area contributed by atoms with Gasteiger partial charge in [-0.3, -0.25) is 10.1 Å². The lowest BCUT2D eigenvalue weighted by molar-refractivity contribution is -0.119. The average molecular weight is 441 g/mol. The van der Waals surface area contributed by atoms with Crippen LogP contribution in [0.3, 0.4) is 0 Å². The van der Waals surface area contributed by atoms with E-state index in [1.807, 2.05) is 0 Å². The maximum absolute atomic E-state index is 14.5. The summed E-state index contributed by atoms with van der Waals surface area (Å²) >= 11 is 0.